The summed E-state index contributed by atoms with van der Waals surface area (Å²) in [5.74, 6) is -0.118. The first-order valence-electron chi connectivity index (χ1n) is 7.55. The topological polar surface area (TPSA) is 61.4 Å². The van der Waals surface area contributed by atoms with Crippen molar-refractivity contribution in [1.29, 1.82) is 0 Å². The fraction of sp³-hybridized carbons (Fsp3) is 0.278. The van der Waals surface area contributed by atoms with Gasteiger partial charge in [-0.05, 0) is 37.6 Å². The maximum absolute atomic E-state index is 11.9. The van der Waals surface area contributed by atoms with E-state index in [-0.39, 0.29) is 31.5 Å². The molecule has 1 amide bonds. The highest BCUT2D eigenvalue weighted by atomic mass is 35.5. The summed E-state index contributed by atoms with van der Waals surface area (Å²) in [6, 6.07) is 14.1. The number of hydrogen-bond donors (Lipinski definition) is 3. The molecule has 0 aliphatic rings. The molecule has 0 fully saturated rings. The molecule has 0 saturated heterocycles. The Bertz CT molecular complexity index is 680. The fourth-order valence-electron chi connectivity index (χ4n) is 2.17. The Morgan fingerprint density at radius 2 is 1.88 bits per heavy atom. The predicted octanol–water partition coefficient (Wildman–Crippen LogP) is 3.40. The van der Waals surface area contributed by atoms with Crippen LogP contribution in [0.4, 0.5) is 5.69 Å². The van der Waals surface area contributed by atoms with Crippen LogP contribution in [0, 0.1) is 13.8 Å². The number of aryl methyl sites for hydroxylation is 2. The summed E-state index contributed by atoms with van der Waals surface area (Å²) in [7, 11) is 0. The van der Waals surface area contributed by atoms with Crippen LogP contribution in [0.3, 0.4) is 0 Å². The molecule has 2 aromatic carbocycles. The number of aliphatic hydroxyl groups is 1. The van der Waals surface area contributed by atoms with E-state index in [2.05, 4.69) is 42.7 Å². The number of para-hydroxylation sites is 1. The minimum absolute atomic E-state index is 0. The summed E-state index contributed by atoms with van der Waals surface area (Å²) in [5.41, 5.74) is 3.26. The van der Waals surface area contributed by atoms with Gasteiger partial charge in [0.25, 0.3) is 0 Å². The normalized spacial score (nSPS) is 10.1. The lowest BCUT2D eigenvalue weighted by Crippen LogP contribution is -2.30. The number of anilines is 1. The Hall–Kier alpha value is -1.53. The van der Waals surface area contributed by atoms with Gasteiger partial charge in [0.15, 0.2) is 0 Å². The number of halogens is 1. The quantitative estimate of drug-likeness (QED) is 0.657. The molecule has 2 rings (SSSR count). The van der Waals surface area contributed by atoms with E-state index in [1.54, 1.807) is 11.8 Å². The van der Waals surface area contributed by atoms with Crippen molar-refractivity contribution in [2.45, 2.75) is 23.6 Å². The van der Waals surface area contributed by atoms with Crippen molar-refractivity contribution < 1.29 is 9.90 Å². The largest absolute Gasteiger partial charge is 0.395 e. The third-order valence-electron chi connectivity index (χ3n) is 3.29. The Labute approximate surface area is 153 Å². The van der Waals surface area contributed by atoms with Crippen LogP contribution in [0.25, 0.3) is 0 Å². The summed E-state index contributed by atoms with van der Waals surface area (Å²) < 4.78 is 0. The van der Waals surface area contributed by atoms with E-state index in [0.717, 1.165) is 10.6 Å². The highest BCUT2D eigenvalue weighted by Gasteiger charge is 2.09. The second-order valence-electron chi connectivity index (χ2n) is 5.32. The monoisotopic (exact) mass is 366 g/mol. The zero-order valence-corrected chi connectivity index (χ0v) is 15.5. The predicted molar refractivity (Wildman–Crippen MR) is 102 cm³/mol. The number of benzene rings is 2. The standard InChI is InChI=1S/C18H22N2O2S.ClH/c1-13-7-8-16(14(2)11-13)23-17-6-4-3-5-15(17)20-18(22)12-19-9-10-21;/h3-8,11,19,21H,9-10,12H2,1-2H3,(H,20,22);1H. The first-order chi connectivity index (χ1) is 11.1. The second-order valence-corrected chi connectivity index (χ2v) is 6.40. The van der Waals surface area contributed by atoms with Crippen molar-refractivity contribution in [3.63, 3.8) is 0 Å². The number of carbonyl (C=O) groups excluding carboxylic acids is 1. The lowest BCUT2D eigenvalue weighted by Gasteiger charge is -2.12. The van der Waals surface area contributed by atoms with Gasteiger partial charge in [-0.3, -0.25) is 4.79 Å². The molecule has 6 heteroatoms. The molecular formula is C18H23ClN2O2S. The zero-order valence-electron chi connectivity index (χ0n) is 13.8. The number of rotatable bonds is 7. The van der Waals surface area contributed by atoms with E-state index in [9.17, 15) is 4.79 Å². The van der Waals surface area contributed by atoms with Gasteiger partial charge in [-0.1, -0.05) is 41.6 Å². The van der Waals surface area contributed by atoms with Crippen LogP contribution in [-0.4, -0.2) is 30.7 Å². The van der Waals surface area contributed by atoms with E-state index < -0.39 is 0 Å². The van der Waals surface area contributed by atoms with Crippen molar-refractivity contribution in [2.24, 2.45) is 0 Å². The average Bonchev–Trinajstić information content (AvgIpc) is 2.52. The van der Waals surface area contributed by atoms with Crippen LogP contribution in [0.1, 0.15) is 11.1 Å². The molecule has 0 radical (unpaired) electrons. The summed E-state index contributed by atoms with van der Waals surface area (Å²) in [6.07, 6.45) is 0. The molecule has 0 unspecified atom stereocenters. The fourth-order valence-corrected chi connectivity index (χ4v) is 3.14. The van der Waals surface area contributed by atoms with E-state index in [1.165, 1.54) is 16.0 Å². The molecular weight excluding hydrogens is 344 g/mol. The molecule has 4 nitrogen and oxygen atoms in total. The molecule has 0 aliphatic heterocycles. The molecule has 0 atom stereocenters. The summed E-state index contributed by atoms with van der Waals surface area (Å²) in [5, 5.41) is 14.5. The molecule has 0 aromatic heterocycles. The molecule has 0 aliphatic carbocycles. The van der Waals surface area contributed by atoms with E-state index >= 15 is 0 Å². The van der Waals surface area contributed by atoms with Gasteiger partial charge in [0.05, 0.1) is 18.8 Å². The highest BCUT2D eigenvalue weighted by Crippen LogP contribution is 2.35. The van der Waals surface area contributed by atoms with Crippen molar-refractivity contribution in [1.82, 2.24) is 5.32 Å². The van der Waals surface area contributed by atoms with Crippen LogP contribution >= 0.6 is 24.2 Å². The Kier molecular flexibility index (Phi) is 8.85. The van der Waals surface area contributed by atoms with Gasteiger partial charge in [0.2, 0.25) is 5.91 Å². The Morgan fingerprint density at radius 3 is 2.58 bits per heavy atom. The Balaban J connectivity index is 0.00000288. The number of hydrogen-bond acceptors (Lipinski definition) is 4. The molecule has 0 spiro atoms. The molecule has 0 bridgehead atoms. The smallest absolute Gasteiger partial charge is 0.238 e. The number of nitrogens with one attached hydrogen (secondary N) is 2. The third kappa shape index (κ3) is 6.17. The molecule has 130 valence electrons. The van der Waals surface area contributed by atoms with Crippen molar-refractivity contribution >= 4 is 35.8 Å². The summed E-state index contributed by atoms with van der Waals surface area (Å²) >= 11 is 1.64. The number of aliphatic hydroxyl groups excluding tert-OH is 1. The van der Waals surface area contributed by atoms with Gasteiger partial charge in [-0.15, -0.1) is 12.4 Å². The van der Waals surface area contributed by atoms with Crippen molar-refractivity contribution in [3.05, 3.63) is 53.6 Å². The average molecular weight is 367 g/mol. The second kappa shape index (κ2) is 10.4. The lowest BCUT2D eigenvalue weighted by atomic mass is 10.2. The van der Waals surface area contributed by atoms with Crippen LogP contribution in [0.5, 0.6) is 0 Å². The Morgan fingerprint density at radius 1 is 1.12 bits per heavy atom. The maximum Gasteiger partial charge on any atom is 0.238 e. The molecule has 0 saturated carbocycles. The van der Waals surface area contributed by atoms with Gasteiger partial charge >= 0.3 is 0 Å². The van der Waals surface area contributed by atoms with Crippen LogP contribution in [0.2, 0.25) is 0 Å². The minimum atomic E-state index is -0.118. The minimum Gasteiger partial charge on any atom is -0.395 e. The van der Waals surface area contributed by atoms with E-state index in [4.69, 9.17) is 5.11 Å². The van der Waals surface area contributed by atoms with Crippen molar-refractivity contribution in [2.75, 3.05) is 25.0 Å². The molecule has 2 aromatic rings. The summed E-state index contributed by atoms with van der Waals surface area (Å²) in [4.78, 5) is 14.1. The van der Waals surface area contributed by atoms with Gasteiger partial charge < -0.3 is 15.7 Å². The van der Waals surface area contributed by atoms with Crippen molar-refractivity contribution in [3.8, 4) is 0 Å². The van der Waals surface area contributed by atoms with Gasteiger partial charge in [-0.2, -0.15) is 0 Å². The van der Waals surface area contributed by atoms with Crippen LogP contribution in [-0.2, 0) is 4.79 Å². The SMILES string of the molecule is Cc1ccc(Sc2ccccc2NC(=O)CNCCO)c(C)c1.Cl. The summed E-state index contributed by atoms with van der Waals surface area (Å²) in [6.45, 7) is 4.78. The van der Waals surface area contributed by atoms with Gasteiger partial charge in [-0.25, -0.2) is 0 Å². The third-order valence-corrected chi connectivity index (χ3v) is 4.54. The molecule has 24 heavy (non-hydrogen) atoms. The van der Waals surface area contributed by atoms with E-state index in [1.807, 2.05) is 24.3 Å². The number of amides is 1. The zero-order chi connectivity index (χ0) is 16.7. The van der Waals surface area contributed by atoms with E-state index in [0.29, 0.717) is 6.54 Å². The first-order valence-corrected chi connectivity index (χ1v) is 8.37. The maximum atomic E-state index is 11.9. The number of carbonyl (C=O) groups is 1. The van der Waals surface area contributed by atoms with Gasteiger partial charge in [0.1, 0.15) is 0 Å². The van der Waals surface area contributed by atoms with Gasteiger partial charge in [0, 0.05) is 16.3 Å². The molecule has 0 heterocycles. The lowest BCUT2D eigenvalue weighted by molar-refractivity contribution is -0.115. The van der Waals surface area contributed by atoms with Crippen LogP contribution in [0.15, 0.2) is 52.3 Å². The first kappa shape index (κ1) is 20.5. The molecule has 3 N–H and O–H groups in total. The highest BCUT2D eigenvalue weighted by molar-refractivity contribution is 7.99. The van der Waals surface area contributed by atoms with Crippen LogP contribution < -0.4 is 10.6 Å².